The van der Waals surface area contributed by atoms with Gasteiger partial charge in [-0.15, -0.1) is 0 Å². The summed E-state index contributed by atoms with van der Waals surface area (Å²) >= 11 is 0. The largest absolute Gasteiger partial charge is 0.502 e. The van der Waals surface area contributed by atoms with Gasteiger partial charge in [-0.2, -0.15) is 0 Å². The zero-order valence-electron chi connectivity index (χ0n) is 9.28. The predicted molar refractivity (Wildman–Crippen MR) is 64.2 cm³/mol. The molecule has 0 fully saturated rings. The maximum absolute atomic E-state index is 10.8. The second kappa shape index (κ2) is 4.18. The number of phenolic OH excluding ortho intramolecular Hbond substituents is 1. The Balaban J connectivity index is 3.57. The summed E-state index contributed by atoms with van der Waals surface area (Å²) in [4.78, 5) is 10.1. The van der Waals surface area contributed by atoms with Gasteiger partial charge in [0, 0.05) is 11.6 Å². The predicted octanol–water partition coefficient (Wildman–Crippen LogP) is 3.37. The summed E-state index contributed by atoms with van der Waals surface area (Å²) in [7, 11) is 0. The second-order valence-electron chi connectivity index (χ2n) is 3.71. The molecule has 0 aliphatic heterocycles. The van der Waals surface area contributed by atoms with Crippen molar-refractivity contribution in [2.75, 3.05) is 0 Å². The van der Waals surface area contributed by atoms with Crippen LogP contribution in [0.3, 0.4) is 0 Å². The smallest absolute Gasteiger partial charge is 0.311 e. The first-order valence-electron chi connectivity index (χ1n) is 4.67. The molecule has 0 aromatic heterocycles. The Bertz CT molecular complexity index is 454. The molecule has 4 nitrogen and oxygen atoms in total. The Morgan fingerprint density at radius 1 is 1.31 bits per heavy atom. The Labute approximate surface area is 93.7 Å². The van der Waals surface area contributed by atoms with Crippen LogP contribution < -0.4 is 0 Å². The van der Waals surface area contributed by atoms with E-state index in [0.29, 0.717) is 22.3 Å². The molecular weight excluding hydrogens is 206 g/mol. The van der Waals surface area contributed by atoms with Gasteiger partial charge in [-0.05, 0) is 31.1 Å². The van der Waals surface area contributed by atoms with Crippen molar-refractivity contribution in [3.05, 3.63) is 46.5 Å². The summed E-state index contributed by atoms with van der Waals surface area (Å²) in [6.07, 6.45) is 0. The van der Waals surface area contributed by atoms with Crippen LogP contribution in [0.25, 0.3) is 11.1 Å². The Kier molecular flexibility index (Phi) is 3.13. The third-order valence-electron chi connectivity index (χ3n) is 2.24. The second-order valence-corrected chi connectivity index (χ2v) is 3.71. The van der Waals surface area contributed by atoms with Crippen LogP contribution in [0.15, 0.2) is 25.3 Å². The molecule has 0 bridgehead atoms. The molecule has 0 amide bonds. The molecule has 0 saturated heterocycles. The zero-order chi connectivity index (χ0) is 12.5. The fraction of sp³-hybridized carbons (Fsp3) is 0.167. The molecule has 4 heteroatoms. The van der Waals surface area contributed by atoms with Crippen molar-refractivity contribution in [2.24, 2.45) is 0 Å². The molecule has 1 rings (SSSR count). The first-order valence-corrected chi connectivity index (χ1v) is 4.67. The van der Waals surface area contributed by atoms with E-state index in [-0.39, 0.29) is 11.4 Å². The van der Waals surface area contributed by atoms with Gasteiger partial charge in [-0.25, -0.2) is 0 Å². The van der Waals surface area contributed by atoms with Crippen molar-refractivity contribution in [3.8, 4) is 5.75 Å². The van der Waals surface area contributed by atoms with E-state index in [1.165, 1.54) is 6.07 Å². The Morgan fingerprint density at radius 2 is 1.88 bits per heavy atom. The van der Waals surface area contributed by atoms with Crippen molar-refractivity contribution in [1.82, 2.24) is 0 Å². The van der Waals surface area contributed by atoms with Crippen molar-refractivity contribution < 1.29 is 10.0 Å². The lowest BCUT2D eigenvalue weighted by Crippen LogP contribution is -1.94. The van der Waals surface area contributed by atoms with E-state index < -0.39 is 4.92 Å². The van der Waals surface area contributed by atoms with Crippen LogP contribution in [-0.4, -0.2) is 10.0 Å². The average molecular weight is 219 g/mol. The van der Waals surface area contributed by atoms with Crippen molar-refractivity contribution >= 4 is 16.8 Å². The number of nitro benzene ring substituents is 1. The first kappa shape index (κ1) is 12.0. The minimum absolute atomic E-state index is 0.321. The topological polar surface area (TPSA) is 63.4 Å². The van der Waals surface area contributed by atoms with E-state index >= 15 is 0 Å². The van der Waals surface area contributed by atoms with Crippen molar-refractivity contribution in [3.63, 3.8) is 0 Å². The highest BCUT2D eigenvalue weighted by molar-refractivity contribution is 5.77. The molecule has 0 atom stereocenters. The number of rotatable bonds is 3. The molecule has 0 unspecified atom stereocenters. The van der Waals surface area contributed by atoms with Crippen LogP contribution in [0.2, 0.25) is 0 Å². The maximum Gasteiger partial charge on any atom is 0.311 e. The molecule has 1 aromatic carbocycles. The number of allylic oxidation sites excluding steroid dienone is 2. The van der Waals surface area contributed by atoms with Gasteiger partial charge in [-0.1, -0.05) is 18.7 Å². The minimum Gasteiger partial charge on any atom is -0.502 e. The molecule has 0 radical (unpaired) electrons. The van der Waals surface area contributed by atoms with Crippen LogP contribution in [0.1, 0.15) is 25.0 Å². The van der Waals surface area contributed by atoms with Crippen molar-refractivity contribution in [2.45, 2.75) is 13.8 Å². The molecule has 1 aromatic rings. The fourth-order valence-electron chi connectivity index (χ4n) is 1.33. The molecule has 0 saturated carbocycles. The van der Waals surface area contributed by atoms with E-state index in [1.54, 1.807) is 19.9 Å². The first-order chi connectivity index (χ1) is 7.34. The zero-order valence-corrected chi connectivity index (χ0v) is 9.28. The number of nitro groups is 1. The quantitative estimate of drug-likeness (QED) is 0.626. The minimum atomic E-state index is -0.617. The van der Waals surface area contributed by atoms with Crippen LogP contribution >= 0.6 is 0 Å². The highest BCUT2D eigenvalue weighted by atomic mass is 16.6. The number of aromatic hydroxyl groups is 1. The van der Waals surface area contributed by atoms with Gasteiger partial charge < -0.3 is 5.11 Å². The lowest BCUT2D eigenvalue weighted by molar-refractivity contribution is -0.385. The van der Waals surface area contributed by atoms with Gasteiger partial charge in [0.1, 0.15) is 0 Å². The number of phenols is 1. The highest BCUT2D eigenvalue weighted by Gasteiger charge is 2.19. The third-order valence-corrected chi connectivity index (χ3v) is 2.24. The monoisotopic (exact) mass is 219 g/mol. The lowest BCUT2D eigenvalue weighted by atomic mass is 10.00. The fourth-order valence-corrected chi connectivity index (χ4v) is 1.33. The molecular formula is C12H13NO3. The van der Waals surface area contributed by atoms with E-state index in [2.05, 4.69) is 13.2 Å². The normalized spacial score (nSPS) is 9.88. The SMILES string of the molecule is C=C(C)c1cc(C(=C)C)c(O)c([N+](=O)[O-])c1. The van der Waals surface area contributed by atoms with Gasteiger partial charge in [0.25, 0.3) is 0 Å². The van der Waals surface area contributed by atoms with E-state index in [4.69, 9.17) is 0 Å². The van der Waals surface area contributed by atoms with Gasteiger partial charge in [0.2, 0.25) is 5.75 Å². The van der Waals surface area contributed by atoms with Gasteiger partial charge >= 0.3 is 5.69 Å². The number of hydrogen-bond donors (Lipinski definition) is 1. The number of benzene rings is 1. The van der Waals surface area contributed by atoms with E-state index in [9.17, 15) is 15.2 Å². The van der Waals surface area contributed by atoms with Crippen LogP contribution in [0.4, 0.5) is 5.69 Å². The molecule has 84 valence electrons. The molecule has 0 aliphatic rings. The summed E-state index contributed by atoms with van der Waals surface area (Å²) in [5, 5.41) is 20.5. The number of nitrogens with zero attached hydrogens (tertiary/aromatic N) is 1. The van der Waals surface area contributed by atoms with Gasteiger partial charge in [-0.3, -0.25) is 10.1 Å². The van der Waals surface area contributed by atoms with Crippen molar-refractivity contribution in [1.29, 1.82) is 0 Å². The summed E-state index contributed by atoms with van der Waals surface area (Å²) in [5.41, 5.74) is 1.96. The number of hydrogen-bond acceptors (Lipinski definition) is 3. The highest BCUT2D eigenvalue weighted by Crippen LogP contribution is 2.36. The lowest BCUT2D eigenvalue weighted by Gasteiger charge is -2.08. The summed E-state index contributed by atoms with van der Waals surface area (Å²) in [6, 6.07) is 2.96. The third kappa shape index (κ3) is 2.11. The molecule has 16 heavy (non-hydrogen) atoms. The molecule has 1 N–H and O–H groups in total. The standard InChI is InChI=1S/C12H13NO3/c1-7(2)9-5-10(8(3)4)12(14)11(6-9)13(15)16/h5-6,14H,1,3H2,2,4H3. The average Bonchev–Trinajstić information content (AvgIpc) is 2.16. The summed E-state index contributed by atoms with van der Waals surface area (Å²) in [5.74, 6) is -0.345. The van der Waals surface area contributed by atoms with E-state index in [1.807, 2.05) is 0 Å². The Morgan fingerprint density at radius 3 is 2.25 bits per heavy atom. The van der Waals surface area contributed by atoms with Gasteiger partial charge in [0.15, 0.2) is 0 Å². The molecule has 0 spiro atoms. The Hall–Kier alpha value is -2.10. The maximum atomic E-state index is 10.8. The van der Waals surface area contributed by atoms with Crippen LogP contribution in [0.5, 0.6) is 5.75 Å². The molecule has 0 aliphatic carbocycles. The van der Waals surface area contributed by atoms with E-state index in [0.717, 1.165) is 0 Å². The summed E-state index contributed by atoms with van der Waals surface area (Å²) in [6.45, 7) is 10.8. The van der Waals surface area contributed by atoms with Crippen LogP contribution in [-0.2, 0) is 0 Å². The van der Waals surface area contributed by atoms with Gasteiger partial charge in [0.05, 0.1) is 4.92 Å². The molecule has 0 heterocycles. The summed E-state index contributed by atoms with van der Waals surface area (Å²) < 4.78 is 0. The van der Waals surface area contributed by atoms with Crippen LogP contribution in [0, 0.1) is 10.1 Å².